The van der Waals surface area contributed by atoms with Crippen LogP contribution in [0.2, 0.25) is 0 Å². The second-order valence-electron chi connectivity index (χ2n) is 13.7. The van der Waals surface area contributed by atoms with Gasteiger partial charge in [-0.15, -0.1) is 0 Å². The van der Waals surface area contributed by atoms with Gasteiger partial charge in [0.2, 0.25) is 0 Å². The highest BCUT2D eigenvalue weighted by Gasteiger charge is 2.50. The highest BCUT2D eigenvalue weighted by Crippen LogP contribution is 2.37. The number of aliphatic hydroxyl groups is 1. The zero-order chi connectivity index (χ0) is 35.4. The van der Waals surface area contributed by atoms with Crippen molar-refractivity contribution < 1.29 is 48.0 Å². The van der Waals surface area contributed by atoms with Crippen LogP contribution in [0.5, 0.6) is 0 Å². The first-order valence-electron chi connectivity index (χ1n) is 16.3. The molecule has 0 aliphatic carbocycles. The van der Waals surface area contributed by atoms with Gasteiger partial charge in [0.05, 0.1) is 17.8 Å². The highest BCUT2D eigenvalue weighted by atomic mass is 16.7. The van der Waals surface area contributed by atoms with Crippen molar-refractivity contribution in [2.24, 2.45) is 17.8 Å². The number of hydrogen-bond donors (Lipinski definition) is 1. The van der Waals surface area contributed by atoms with Crippen molar-refractivity contribution >= 4 is 23.6 Å². The smallest absolute Gasteiger partial charge is 0.420 e. The molecule has 0 bridgehead atoms. The van der Waals surface area contributed by atoms with E-state index in [1.807, 2.05) is 25.9 Å². The lowest BCUT2D eigenvalue weighted by Gasteiger charge is -2.46. The summed E-state index contributed by atoms with van der Waals surface area (Å²) >= 11 is 0. The standard InChI is InChI=1S/C34H53N3O10/c1-12-25-33(7,47-32(42)37-14-13-35-18-37)16-19(2)26(38)20(3)17-34(8,43-11)29(22(5)27(39)23(6)30(41)45-25)46-31-28(40)24(36(9)10)15-21(4)44-31/h13-14,16,18,20-25,28-29,31,40H,12,15,17H2,1-11H3/b19-16+/t20?,21?,22?,23?,24?,25-,28?,29?,31?,33?,34?/m1/s1. The first kappa shape index (κ1) is 38.5. The molecule has 0 saturated carbocycles. The summed E-state index contributed by atoms with van der Waals surface area (Å²) in [5.41, 5.74) is -2.54. The van der Waals surface area contributed by atoms with Gasteiger partial charge in [0.15, 0.2) is 23.5 Å². The van der Waals surface area contributed by atoms with Crippen LogP contribution in [0.4, 0.5) is 4.79 Å². The summed E-state index contributed by atoms with van der Waals surface area (Å²) in [4.78, 5) is 60.5. The third kappa shape index (κ3) is 8.55. The number of rotatable bonds is 6. The molecule has 1 aromatic rings. The average Bonchev–Trinajstić information content (AvgIpc) is 3.57. The zero-order valence-corrected chi connectivity index (χ0v) is 29.6. The van der Waals surface area contributed by atoms with Gasteiger partial charge >= 0.3 is 12.1 Å². The zero-order valence-electron chi connectivity index (χ0n) is 29.6. The van der Waals surface area contributed by atoms with E-state index in [-0.39, 0.29) is 36.3 Å². The van der Waals surface area contributed by atoms with Gasteiger partial charge in [-0.25, -0.2) is 14.3 Å². The number of likely N-dealkylation sites (N-methyl/N-ethyl adjacent to an activating group) is 1. The van der Waals surface area contributed by atoms with Crippen LogP contribution >= 0.6 is 0 Å². The third-order valence-electron chi connectivity index (χ3n) is 9.65. The van der Waals surface area contributed by atoms with Gasteiger partial charge in [-0.05, 0) is 79.6 Å². The van der Waals surface area contributed by atoms with E-state index in [4.69, 9.17) is 23.7 Å². The van der Waals surface area contributed by atoms with Gasteiger partial charge in [0.25, 0.3) is 0 Å². The fourth-order valence-corrected chi connectivity index (χ4v) is 6.80. The van der Waals surface area contributed by atoms with Gasteiger partial charge < -0.3 is 33.7 Å². The van der Waals surface area contributed by atoms with Crippen LogP contribution in [0.3, 0.4) is 0 Å². The number of cyclic esters (lactones) is 1. The molecule has 1 N–H and O–H groups in total. The molecule has 2 aliphatic rings. The van der Waals surface area contributed by atoms with Crippen LogP contribution < -0.4 is 0 Å². The molecular formula is C34H53N3O10. The number of imidazole rings is 1. The van der Waals surface area contributed by atoms with Crippen molar-refractivity contribution in [3.63, 3.8) is 0 Å². The van der Waals surface area contributed by atoms with Crippen LogP contribution in [0, 0.1) is 17.8 Å². The SMILES string of the molecule is CC[C@H]1OC(=O)C(C)C(=O)C(C)C(OC2OC(C)CC(N(C)C)C2O)C(C)(OC)CC(C)C(=O)/C(C)=C/C1(C)OC(=O)n1ccnc1. The predicted molar refractivity (Wildman–Crippen MR) is 171 cm³/mol. The number of carbonyl (C=O) groups excluding carboxylic acids is 4. The summed E-state index contributed by atoms with van der Waals surface area (Å²) in [6.45, 7) is 13.4. The Morgan fingerprint density at radius 2 is 1.83 bits per heavy atom. The maximum atomic E-state index is 14.1. The summed E-state index contributed by atoms with van der Waals surface area (Å²) in [7, 11) is 5.19. The maximum absolute atomic E-state index is 14.1. The number of aromatic nitrogens is 2. The number of esters is 1. The predicted octanol–water partition coefficient (Wildman–Crippen LogP) is 3.56. The van der Waals surface area contributed by atoms with E-state index >= 15 is 0 Å². The number of methoxy groups -OCH3 is 1. The highest BCUT2D eigenvalue weighted by molar-refractivity contribution is 6.00. The molecular weight excluding hydrogens is 610 g/mol. The van der Waals surface area contributed by atoms with E-state index in [1.165, 1.54) is 38.8 Å². The van der Waals surface area contributed by atoms with Crippen molar-refractivity contribution in [3.05, 3.63) is 30.4 Å². The number of nitrogens with zero attached hydrogens (tertiary/aromatic N) is 3. The van der Waals surface area contributed by atoms with Crippen LogP contribution in [0.1, 0.15) is 74.7 Å². The molecule has 1 fully saturated rings. The molecule has 0 radical (unpaired) electrons. The molecule has 3 rings (SSSR count). The molecule has 264 valence electrons. The molecule has 47 heavy (non-hydrogen) atoms. The van der Waals surface area contributed by atoms with Gasteiger partial charge in [-0.1, -0.05) is 20.8 Å². The fourth-order valence-electron chi connectivity index (χ4n) is 6.80. The fraction of sp³-hybridized carbons (Fsp3) is 0.735. The monoisotopic (exact) mass is 663 g/mol. The van der Waals surface area contributed by atoms with E-state index in [0.29, 0.717) is 6.42 Å². The summed E-state index contributed by atoms with van der Waals surface area (Å²) in [6.07, 6.45) is 1.24. The molecule has 10 unspecified atom stereocenters. The maximum Gasteiger partial charge on any atom is 0.420 e. The lowest BCUT2D eigenvalue weighted by Crippen LogP contribution is -2.59. The van der Waals surface area contributed by atoms with E-state index in [2.05, 4.69) is 4.98 Å². The van der Waals surface area contributed by atoms with Crippen molar-refractivity contribution in [1.82, 2.24) is 14.5 Å². The van der Waals surface area contributed by atoms with Gasteiger partial charge in [-0.3, -0.25) is 14.4 Å². The number of ether oxygens (including phenoxy) is 5. The summed E-state index contributed by atoms with van der Waals surface area (Å²) < 4.78 is 31.5. The Balaban J connectivity index is 2.10. The summed E-state index contributed by atoms with van der Waals surface area (Å²) in [6, 6.07) is -0.271. The third-order valence-corrected chi connectivity index (χ3v) is 9.65. The summed E-state index contributed by atoms with van der Waals surface area (Å²) in [5, 5.41) is 11.3. The minimum Gasteiger partial charge on any atom is -0.457 e. The van der Waals surface area contributed by atoms with Crippen molar-refractivity contribution in [2.45, 2.75) is 123 Å². The topological polar surface area (TPSA) is 156 Å². The van der Waals surface area contributed by atoms with E-state index in [1.54, 1.807) is 41.5 Å². The van der Waals surface area contributed by atoms with Gasteiger partial charge in [0, 0.05) is 37.4 Å². The molecule has 2 aliphatic heterocycles. The van der Waals surface area contributed by atoms with Crippen LogP contribution in [0.25, 0.3) is 0 Å². The molecule has 0 aromatic carbocycles. The number of hydrogen-bond acceptors (Lipinski definition) is 12. The van der Waals surface area contributed by atoms with Crippen LogP contribution in [-0.2, 0) is 38.1 Å². The second-order valence-corrected chi connectivity index (χ2v) is 13.7. The Labute approximate surface area is 277 Å². The normalized spacial score (nSPS) is 39.1. The summed E-state index contributed by atoms with van der Waals surface area (Å²) in [5.74, 6) is -4.42. The van der Waals surface area contributed by atoms with E-state index in [0.717, 1.165) is 4.57 Å². The largest absolute Gasteiger partial charge is 0.457 e. The Kier molecular flexibility index (Phi) is 12.7. The Morgan fingerprint density at radius 1 is 1.17 bits per heavy atom. The second kappa shape index (κ2) is 15.5. The van der Waals surface area contributed by atoms with Gasteiger partial charge in [-0.2, -0.15) is 0 Å². The van der Waals surface area contributed by atoms with Crippen LogP contribution in [-0.4, -0.2) is 112 Å². The molecule has 13 nitrogen and oxygen atoms in total. The van der Waals surface area contributed by atoms with Crippen molar-refractivity contribution in [1.29, 1.82) is 0 Å². The Hall–Kier alpha value is -2.97. The lowest BCUT2D eigenvalue weighted by atomic mass is 9.77. The first-order valence-corrected chi connectivity index (χ1v) is 16.3. The molecule has 0 amide bonds. The van der Waals surface area contributed by atoms with Gasteiger partial charge in [0.1, 0.15) is 24.5 Å². The van der Waals surface area contributed by atoms with Crippen LogP contribution in [0.15, 0.2) is 30.4 Å². The lowest BCUT2D eigenvalue weighted by molar-refractivity contribution is -0.295. The van der Waals surface area contributed by atoms with Crippen molar-refractivity contribution in [2.75, 3.05) is 21.2 Å². The molecule has 1 aromatic heterocycles. The molecule has 1 saturated heterocycles. The minimum absolute atomic E-state index is 0.118. The molecule has 13 heteroatoms. The number of carbonyl (C=O) groups is 4. The minimum atomic E-state index is -1.58. The van der Waals surface area contributed by atoms with E-state index in [9.17, 15) is 24.3 Å². The molecule has 0 spiro atoms. The number of aliphatic hydroxyl groups excluding tert-OH is 1. The Bertz CT molecular complexity index is 1300. The van der Waals surface area contributed by atoms with E-state index < -0.39 is 71.4 Å². The number of Topliss-reactive ketones (excluding diaryl/α,β-unsaturated/α-hetero) is 2. The molecule has 3 heterocycles. The first-order chi connectivity index (χ1) is 21.9. The molecule has 11 atom stereocenters. The average molecular weight is 664 g/mol. The quantitative estimate of drug-likeness (QED) is 0.349. The number of allylic oxidation sites excluding steroid dienone is 1. The number of ketones is 2. The van der Waals surface area contributed by atoms with Crippen molar-refractivity contribution in [3.8, 4) is 0 Å². The Morgan fingerprint density at radius 3 is 2.38 bits per heavy atom.